The van der Waals surface area contributed by atoms with E-state index in [0.717, 1.165) is 22.2 Å². The van der Waals surface area contributed by atoms with Crippen LogP contribution in [0.2, 0.25) is 0 Å². The number of aromatic nitrogens is 2. The minimum atomic E-state index is -0.132. The first-order chi connectivity index (χ1) is 13.2. The Balaban J connectivity index is 1.85. The third kappa shape index (κ3) is 4.20. The highest BCUT2D eigenvalue weighted by Crippen LogP contribution is 2.29. The SMILES string of the molecule is COCCNC(=O)c1ccc2n[nH]c(Cc3ccc(OC)c(OC)c3)c2c1. The Hall–Kier alpha value is -3.06. The average molecular weight is 369 g/mol. The number of benzene rings is 2. The van der Waals surface area contributed by atoms with Crippen LogP contribution in [-0.4, -0.2) is 50.6 Å². The maximum atomic E-state index is 12.3. The summed E-state index contributed by atoms with van der Waals surface area (Å²) in [6.45, 7) is 0.946. The number of hydrogen-bond acceptors (Lipinski definition) is 5. The molecule has 142 valence electrons. The Bertz CT molecular complexity index is 936. The molecule has 0 saturated carbocycles. The van der Waals surface area contributed by atoms with Gasteiger partial charge in [0.1, 0.15) is 0 Å². The third-order valence-electron chi connectivity index (χ3n) is 4.32. The summed E-state index contributed by atoms with van der Waals surface area (Å²) in [5, 5.41) is 11.2. The zero-order chi connectivity index (χ0) is 19.2. The Morgan fingerprint density at radius 3 is 2.63 bits per heavy atom. The van der Waals surface area contributed by atoms with Crippen LogP contribution >= 0.6 is 0 Å². The number of carbonyl (C=O) groups excluding carboxylic acids is 1. The van der Waals surface area contributed by atoms with Gasteiger partial charge in [0.2, 0.25) is 0 Å². The van der Waals surface area contributed by atoms with Crippen molar-refractivity contribution in [2.45, 2.75) is 6.42 Å². The molecule has 3 rings (SSSR count). The van der Waals surface area contributed by atoms with Crippen molar-refractivity contribution in [2.75, 3.05) is 34.5 Å². The molecule has 0 aliphatic rings. The van der Waals surface area contributed by atoms with Gasteiger partial charge in [0.25, 0.3) is 5.91 Å². The van der Waals surface area contributed by atoms with E-state index in [-0.39, 0.29) is 5.91 Å². The fourth-order valence-electron chi connectivity index (χ4n) is 2.90. The highest BCUT2D eigenvalue weighted by Gasteiger charge is 2.12. The van der Waals surface area contributed by atoms with Crippen LogP contribution in [0.25, 0.3) is 10.9 Å². The molecule has 2 aromatic carbocycles. The van der Waals surface area contributed by atoms with Crippen LogP contribution in [0.4, 0.5) is 0 Å². The summed E-state index contributed by atoms with van der Waals surface area (Å²) >= 11 is 0. The number of H-pyrrole nitrogens is 1. The van der Waals surface area contributed by atoms with Gasteiger partial charge in [0.05, 0.1) is 26.3 Å². The number of methoxy groups -OCH3 is 3. The van der Waals surface area contributed by atoms with Crippen molar-refractivity contribution in [2.24, 2.45) is 0 Å². The van der Waals surface area contributed by atoms with Crippen molar-refractivity contribution >= 4 is 16.8 Å². The predicted molar refractivity (Wildman–Crippen MR) is 103 cm³/mol. The van der Waals surface area contributed by atoms with Gasteiger partial charge in [-0.05, 0) is 35.9 Å². The van der Waals surface area contributed by atoms with Gasteiger partial charge in [0, 0.05) is 36.7 Å². The van der Waals surface area contributed by atoms with Gasteiger partial charge >= 0.3 is 0 Å². The van der Waals surface area contributed by atoms with E-state index in [1.807, 2.05) is 30.3 Å². The van der Waals surface area contributed by atoms with Crippen molar-refractivity contribution in [3.63, 3.8) is 0 Å². The Morgan fingerprint density at radius 2 is 1.89 bits per heavy atom. The molecule has 0 aliphatic heterocycles. The fraction of sp³-hybridized carbons (Fsp3) is 0.300. The van der Waals surface area contributed by atoms with Crippen LogP contribution in [0, 0.1) is 0 Å². The molecule has 3 aromatic rings. The maximum Gasteiger partial charge on any atom is 0.251 e. The number of nitrogens with one attached hydrogen (secondary N) is 2. The average Bonchev–Trinajstić information content (AvgIpc) is 3.10. The number of ether oxygens (including phenoxy) is 3. The standard InChI is InChI=1S/C20H23N3O4/c1-25-9-8-21-20(24)14-5-6-16-15(12-14)17(23-22-16)10-13-4-7-18(26-2)19(11-13)27-3/h4-7,11-12H,8-10H2,1-3H3,(H,21,24)(H,22,23). The Labute approximate surface area is 157 Å². The van der Waals surface area contributed by atoms with Crippen molar-refractivity contribution in [1.82, 2.24) is 15.5 Å². The van der Waals surface area contributed by atoms with Crippen LogP contribution in [0.5, 0.6) is 11.5 Å². The highest BCUT2D eigenvalue weighted by atomic mass is 16.5. The van der Waals surface area contributed by atoms with Gasteiger partial charge in [0.15, 0.2) is 11.5 Å². The van der Waals surface area contributed by atoms with Gasteiger partial charge in [-0.15, -0.1) is 0 Å². The minimum Gasteiger partial charge on any atom is -0.493 e. The molecule has 0 aliphatic carbocycles. The van der Waals surface area contributed by atoms with Gasteiger partial charge < -0.3 is 19.5 Å². The second kappa shape index (κ2) is 8.55. The monoisotopic (exact) mass is 369 g/mol. The van der Waals surface area contributed by atoms with E-state index in [9.17, 15) is 4.79 Å². The summed E-state index contributed by atoms with van der Waals surface area (Å²) in [5.74, 6) is 1.23. The van der Waals surface area contributed by atoms with E-state index in [2.05, 4.69) is 15.5 Å². The molecule has 27 heavy (non-hydrogen) atoms. The van der Waals surface area contributed by atoms with Gasteiger partial charge in [-0.3, -0.25) is 9.89 Å². The first-order valence-corrected chi connectivity index (χ1v) is 8.61. The lowest BCUT2D eigenvalue weighted by Crippen LogP contribution is -2.26. The molecule has 2 N–H and O–H groups in total. The molecular weight excluding hydrogens is 346 g/mol. The molecule has 0 saturated heterocycles. The van der Waals surface area contributed by atoms with Crippen molar-refractivity contribution in [3.05, 3.63) is 53.2 Å². The topological polar surface area (TPSA) is 85.5 Å². The largest absolute Gasteiger partial charge is 0.493 e. The van der Waals surface area contributed by atoms with E-state index in [4.69, 9.17) is 14.2 Å². The Morgan fingerprint density at radius 1 is 1.07 bits per heavy atom. The molecule has 0 spiro atoms. The molecule has 0 unspecified atom stereocenters. The van der Waals surface area contributed by atoms with Crippen LogP contribution < -0.4 is 14.8 Å². The quantitative estimate of drug-likeness (QED) is 0.596. The summed E-state index contributed by atoms with van der Waals surface area (Å²) < 4.78 is 15.6. The number of aromatic amines is 1. The second-order valence-corrected chi connectivity index (χ2v) is 6.05. The highest BCUT2D eigenvalue weighted by molar-refractivity contribution is 5.98. The summed E-state index contributed by atoms with van der Waals surface area (Å²) in [6.07, 6.45) is 0.631. The first-order valence-electron chi connectivity index (χ1n) is 8.61. The zero-order valence-electron chi connectivity index (χ0n) is 15.7. The van der Waals surface area contributed by atoms with Crippen LogP contribution in [-0.2, 0) is 11.2 Å². The van der Waals surface area contributed by atoms with Crippen molar-refractivity contribution in [3.8, 4) is 11.5 Å². The van der Waals surface area contributed by atoms with Crippen LogP contribution in [0.15, 0.2) is 36.4 Å². The van der Waals surface area contributed by atoms with E-state index in [1.165, 1.54) is 0 Å². The van der Waals surface area contributed by atoms with E-state index in [1.54, 1.807) is 27.4 Å². The molecule has 0 atom stereocenters. The normalized spacial score (nSPS) is 10.8. The summed E-state index contributed by atoms with van der Waals surface area (Å²) in [6, 6.07) is 11.3. The molecule has 1 aromatic heterocycles. The molecule has 7 heteroatoms. The summed E-state index contributed by atoms with van der Waals surface area (Å²) in [7, 11) is 4.82. The third-order valence-corrected chi connectivity index (χ3v) is 4.32. The van der Waals surface area contributed by atoms with Gasteiger partial charge in [-0.2, -0.15) is 5.10 Å². The molecular formula is C20H23N3O4. The Kier molecular flexibility index (Phi) is 5.93. The molecule has 7 nitrogen and oxygen atoms in total. The molecule has 1 amide bonds. The fourth-order valence-corrected chi connectivity index (χ4v) is 2.90. The second-order valence-electron chi connectivity index (χ2n) is 6.05. The molecule has 0 radical (unpaired) electrons. The molecule has 0 bridgehead atoms. The number of hydrogen-bond donors (Lipinski definition) is 2. The lowest BCUT2D eigenvalue weighted by atomic mass is 10.0. The van der Waals surface area contributed by atoms with E-state index < -0.39 is 0 Å². The van der Waals surface area contributed by atoms with Crippen molar-refractivity contribution < 1.29 is 19.0 Å². The number of amides is 1. The van der Waals surface area contributed by atoms with Gasteiger partial charge in [-0.25, -0.2) is 0 Å². The zero-order valence-corrected chi connectivity index (χ0v) is 15.7. The lowest BCUT2D eigenvalue weighted by molar-refractivity contribution is 0.0937. The summed E-state index contributed by atoms with van der Waals surface area (Å²) in [5.41, 5.74) is 3.39. The van der Waals surface area contributed by atoms with Crippen LogP contribution in [0.3, 0.4) is 0 Å². The number of fused-ring (bicyclic) bond motifs is 1. The minimum absolute atomic E-state index is 0.132. The number of nitrogens with zero attached hydrogens (tertiary/aromatic N) is 1. The number of carbonyl (C=O) groups is 1. The lowest BCUT2D eigenvalue weighted by Gasteiger charge is -2.09. The smallest absolute Gasteiger partial charge is 0.251 e. The molecule has 1 heterocycles. The van der Waals surface area contributed by atoms with Crippen LogP contribution in [0.1, 0.15) is 21.6 Å². The summed E-state index contributed by atoms with van der Waals surface area (Å²) in [4.78, 5) is 12.3. The van der Waals surface area contributed by atoms with Crippen molar-refractivity contribution in [1.29, 1.82) is 0 Å². The maximum absolute atomic E-state index is 12.3. The molecule has 0 fully saturated rings. The first kappa shape index (κ1) is 18.7. The predicted octanol–water partition coefficient (Wildman–Crippen LogP) is 2.55. The number of rotatable bonds is 8. The van der Waals surface area contributed by atoms with E-state index in [0.29, 0.717) is 36.6 Å². The van der Waals surface area contributed by atoms with E-state index >= 15 is 0 Å². The van der Waals surface area contributed by atoms with Gasteiger partial charge in [-0.1, -0.05) is 6.07 Å².